The average Bonchev–Trinajstić information content (AvgIpc) is 3.60. The third kappa shape index (κ3) is 16.8. The second kappa shape index (κ2) is 27.3. The SMILES string of the molecule is CCCCCCCCCCCCCCCCn1ccnc1C(CCCCCCCCCCCCC)C(C)(Cc1ccccc1)c1ccccc1. The second-order valence-corrected chi connectivity index (χ2v) is 15.9. The normalized spacial score (nSPS) is 13.4. The van der Waals surface area contributed by atoms with Crippen molar-refractivity contribution in [3.63, 3.8) is 0 Å². The summed E-state index contributed by atoms with van der Waals surface area (Å²) in [5.41, 5.74) is 2.84. The Kier molecular flexibility index (Phi) is 23.0. The molecule has 2 unspecified atom stereocenters. The lowest BCUT2D eigenvalue weighted by Gasteiger charge is -2.39. The third-order valence-corrected chi connectivity index (χ3v) is 11.5. The van der Waals surface area contributed by atoms with Crippen LogP contribution in [0.3, 0.4) is 0 Å². The summed E-state index contributed by atoms with van der Waals surface area (Å²) in [5.74, 6) is 1.69. The molecule has 1 aromatic heterocycles. The molecule has 2 nitrogen and oxygen atoms in total. The predicted molar refractivity (Wildman–Crippen MR) is 220 cm³/mol. The van der Waals surface area contributed by atoms with Gasteiger partial charge in [0.25, 0.3) is 0 Å². The number of unbranched alkanes of at least 4 members (excludes halogenated alkanes) is 23. The van der Waals surface area contributed by atoms with Crippen molar-refractivity contribution in [1.82, 2.24) is 9.55 Å². The van der Waals surface area contributed by atoms with Crippen LogP contribution in [0.1, 0.15) is 211 Å². The zero-order valence-corrected chi connectivity index (χ0v) is 33.2. The van der Waals surface area contributed by atoms with Crippen LogP contribution < -0.4 is 0 Å². The molecular weight excluding hydrogens is 605 g/mol. The summed E-state index contributed by atoms with van der Waals surface area (Å²) in [7, 11) is 0. The van der Waals surface area contributed by atoms with E-state index in [1.165, 1.54) is 184 Å². The fourth-order valence-corrected chi connectivity index (χ4v) is 8.31. The summed E-state index contributed by atoms with van der Waals surface area (Å²) in [6, 6.07) is 22.6. The summed E-state index contributed by atoms with van der Waals surface area (Å²) in [4.78, 5) is 5.17. The van der Waals surface area contributed by atoms with Crippen LogP contribution in [0.4, 0.5) is 0 Å². The first-order chi connectivity index (χ1) is 24.7. The molecule has 2 aromatic carbocycles. The largest absolute Gasteiger partial charge is 0.335 e. The second-order valence-electron chi connectivity index (χ2n) is 15.9. The van der Waals surface area contributed by atoms with Crippen LogP contribution in [-0.4, -0.2) is 9.55 Å². The number of benzene rings is 2. The van der Waals surface area contributed by atoms with Crippen molar-refractivity contribution in [2.24, 2.45) is 0 Å². The van der Waals surface area contributed by atoms with E-state index in [1.807, 2.05) is 0 Å². The lowest BCUT2D eigenvalue weighted by atomic mass is 9.66. The molecule has 2 atom stereocenters. The predicted octanol–water partition coefficient (Wildman–Crippen LogP) is 15.3. The van der Waals surface area contributed by atoms with E-state index in [9.17, 15) is 0 Å². The lowest BCUT2D eigenvalue weighted by Crippen LogP contribution is -2.35. The molecule has 1 heterocycles. The monoisotopic (exact) mass is 683 g/mol. The van der Waals surface area contributed by atoms with E-state index >= 15 is 0 Å². The Morgan fingerprint density at radius 1 is 0.520 bits per heavy atom. The maximum absolute atomic E-state index is 5.17. The summed E-state index contributed by atoms with van der Waals surface area (Å²) < 4.78 is 2.54. The summed E-state index contributed by atoms with van der Waals surface area (Å²) in [5, 5.41) is 0. The number of rotatable bonds is 32. The highest BCUT2D eigenvalue weighted by Crippen LogP contribution is 2.44. The molecule has 3 aromatic rings. The number of hydrogen-bond donors (Lipinski definition) is 0. The van der Waals surface area contributed by atoms with Crippen LogP contribution in [0.2, 0.25) is 0 Å². The fourth-order valence-electron chi connectivity index (χ4n) is 8.31. The van der Waals surface area contributed by atoms with E-state index in [0.29, 0.717) is 5.92 Å². The minimum atomic E-state index is -0.0281. The van der Waals surface area contributed by atoms with E-state index in [1.54, 1.807) is 0 Å². The quantitative estimate of drug-likeness (QED) is 0.0599. The molecule has 0 bridgehead atoms. The zero-order chi connectivity index (χ0) is 35.4. The molecule has 0 spiro atoms. The van der Waals surface area contributed by atoms with Crippen LogP contribution in [0, 0.1) is 0 Å². The van der Waals surface area contributed by atoms with Crippen LogP contribution >= 0.6 is 0 Å². The van der Waals surface area contributed by atoms with E-state index in [-0.39, 0.29) is 5.41 Å². The first-order valence-electron chi connectivity index (χ1n) is 21.8. The number of hydrogen-bond acceptors (Lipinski definition) is 1. The smallest absolute Gasteiger partial charge is 0.112 e. The van der Waals surface area contributed by atoms with Crippen LogP contribution in [0.25, 0.3) is 0 Å². The molecule has 0 aliphatic rings. The molecular formula is C48H78N2. The van der Waals surface area contributed by atoms with Gasteiger partial charge in [0, 0.05) is 30.3 Å². The van der Waals surface area contributed by atoms with Gasteiger partial charge in [0.2, 0.25) is 0 Å². The van der Waals surface area contributed by atoms with Gasteiger partial charge in [-0.05, 0) is 30.4 Å². The fraction of sp³-hybridized carbons (Fsp3) is 0.688. The van der Waals surface area contributed by atoms with Gasteiger partial charge in [-0.1, -0.05) is 236 Å². The van der Waals surface area contributed by atoms with Crippen molar-refractivity contribution >= 4 is 0 Å². The van der Waals surface area contributed by atoms with E-state index in [0.717, 1.165) is 13.0 Å². The number of aryl methyl sites for hydroxylation is 1. The molecule has 2 heteroatoms. The van der Waals surface area contributed by atoms with E-state index in [2.05, 4.69) is 98.4 Å². The van der Waals surface area contributed by atoms with Gasteiger partial charge in [0.05, 0.1) is 0 Å². The average molecular weight is 683 g/mol. The minimum absolute atomic E-state index is 0.0281. The number of imidazole rings is 1. The Morgan fingerprint density at radius 3 is 1.42 bits per heavy atom. The van der Waals surface area contributed by atoms with E-state index < -0.39 is 0 Å². The molecule has 0 saturated carbocycles. The van der Waals surface area contributed by atoms with Gasteiger partial charge >= 0.3 is 0 Å². The van der Waals surface area contributed by atoms with Gasteiger partial charge in [-0.2, -0.15) is 0 Å². The Morgan fingerprint density at radius 2 is 0.940 bits per heavy atom. The summed E-state index contributed by atoms with van der Waals surface area (Å²) in [6.45, 7) is 8.24. The van der Waals surface area contributed by atoms with Crippen molar-refractivity contribution in [2.45, 2.75) is 212 Å². The van der Waals surface area contributed by atoms with Crippen molar-refractivity contribution in [1.29, 1.82) is 0 Å². The molecule has 0 aliphatic carbocycles. The molecule has 3 rings (SSSR count). The number of aromatic nitrogens is 2. The molecule has 0 amide bonds. The lowest BCUT2D eigenvalue weighted by molar-refractivity contribution is 0.321. The first kappa shape index (κ1) is 42.1. The Labute approximate surface area is 310 Å². The van der Waals surface area contributed by atoms with Crippen molar-refractivity contribution in [2.75, 3.05) is 0 Å². The van der Waals surface area contributed by atoms with Gasteiger partial charge in [0.1, 0.15) is 5.82 Å². The molecule has 0 saturated heterocycles. The van der Waals surface area contributed by atoms with Gasteiger partial charge in [-0.15, -0.1) is 0 Å². The maximum atomic E-state index is 5.17. The standard InChI is InChI=1S/C48H78N2/c1-4-6-8-10-12-14-16-17-18-20-22-24-26-34-41-50-42-40-49-47(50)46(39-33-25-23-21-19-15-13-11-9-7-5-2)48(3,45-37-31-28-32-38-45)43-44-35-29-27-30-36-44/h27-32,35-38,40,42,46H,4-26,33-34,39,41,43H2,1-3H3. The van der Waals surface area contributed by atoms with Gasteiger partial charge in [-0.3, -0.25) is 0 Å². The van der Waals surface area contributed by atoms with Crippen molar-refractivity contribution in [3.05, 3.63) is 90.0 Å². The molecule has 0 radical (unpaired) electrons. The third-order valence-electron chi connectivity index (χ3n) is 11.5. The molecule has 0 N–H and O–H groups in total. The van der Waals surface area contributed by atoms with Crippen molar-refractivity contribution in [3.8, 4) is 0 Å². The first-order valence-corrected chi connectivity index (χ1v) is 21.8. The topological polar surface area (TPSA) is 17.8 Å². The minimum Gasteiger partial charge on any atom is -0.335 e. The van der Waals surface area contributed by atoms with Gasteiger partial charge < -0.3 is 4.57 Å². The zero-order valence-electron chi connectivity index (χ0n) is 33.2. The molecule has 0 fully saturated rings. The highest BCUT2D eigenvalue weighted by molar-refractivity contribution is 5.33. The van der Waals surface area contributed by atoms with Crippen LogP contribution in [-0.2, 0) is 18.4 Å². The van der Waals surface area contributed by atoms with Gasteiger partial charge in [0.15, 0.2) is 0 Å². The number of nitrogens with zero attached hydrogens (tertiary/aromatic N) is 2. The van der Waals surface area contributed by atoms with Crippen LogP contribution in [0.5, 0.6) is 0 Å². The van der Waals surface area contributed by atoms with Crippen LogP contribution in [0.15, 0.2) is 73.1 Å². The van der Waals surface area contributed by atoms with Gasteiger partial charge in [-0.25, -0.2) is 4.98 Å². The Hall–Kier alpha value is -2.35. The summed E-state index contributed by atoms with van der Waals surface area (Å²) in [6.07, 6.45) is 41.5. The molecule has 280 valence electrons. The maximum Gasteiger partial charge on any atom is 0.112 e. The Balaban J connectivity index is 1.55. The Bertz CT molecular complexity index is 1170. The molecule has 0 aliphatic heterocycles. The highest BCUT2D eigenvalue weighted by atomic mass is 15.1. The van der Waals surface area contributed by atoms with E-state index in [4.69, 9.17) is 4.98 Å². The highest BCUT2D eigenvalue weighted by Gasteiger charge is 2.39. The van der Waals surface area contributed by atoms with Crippen molar-refractivity contribution < 1.29 is 0 Å². The summed E-state index contributed by atoms with van der Waals surface area (Å²) >= 11 is 0. The molecule has 50 heavy (non-hydrogen) atoms.